The molecule has 1 aliphatic heterocycles. The lowest BCUT2D eigenvalue weighted by molar-refractivity contribution is -0.187. The summed E-state index contributed by atoms with van der Waals surface area (Å²) in [5.41, 5.74) is 0. The van der Waals surface area contributed by atoms with Gasteiger partial charge in [0.05, 0.1) is 7.11 Å². The summed E-state index contributed by atoms with van der Waals surface area (Å²) < 4.78 is 11.0. The Morgan fingerprint density at radius 1 is 1.59 bits per heavy atom. The minimum absolute atomic E-state index is 0.413. The zero-order valence-corrected chi connectivity index (χ0v) is 10.5. The Balaban J connectivity index is 2.87. The predicted octanol–water partition coefficient (Wildman–Crippen LogP) is 0.0732. The molecule has 3 atom stereocenters. The number of carbonyl (C=O) groups excluding carboxylic acids is 1. The first-order chi connectivity index (χ1) is 7.82. The lowest BCUT2D eigenvalue weighted by Gasteiger charge is -2.22. The number of hydroxylamine groups is 2. The van der Waals surface area contributed by atoms with E-state index in [0.29, 0.717) is 0 Å². The van der Waals surface area contributed by atoms with Crippen LogP contribution in [0.2, 0.25) is 0 Å². The highest BCUT2D eigenvalue weighted by Crippen LogP contribution is 2.31. The molecule has 17 heavy (non-hydrogen) atoms. The summed E-state index contributed by atoms with van der Waals surface area (Å²) in [6.07, 6.45) is -1.37. The molecule has 0 aromatic rings. The molecular formula is C11H19NO5. The van der Waals surface area contributed by atoms with Crippen molar-refractivity contribution in [3.05, 3.63) is 12.7 Å². The summed E-state index contributed by atoms with van der Waals surface area (Å²) >= 11 is 0. The van der Waals surface area contributed by atoms with Crippen LogP contribution in [0.4, 0.5) is 0 Å². The summed E-state index contributed by atoms with van der Waals surface area (Å²) in [5.74, 6) is -1.34. The normalized spacial score (nSPS) is 28.8. The van der Waals surface area contributed by atoms with E-state index in [1.807, 2.05) is 0 Å². The van der Waals surface area contributed by atoms with Gasteiger partial charge >= 0.3 is 0 Å². The van der Waals surface area contributed by atoms with E-state index in [9.17, 15) is 9.90 Å². The van der Waals surface area contributed by atoms with Crippen molar-refractivity contribution in [3.8, 4) is 0 Å². The van der Waals surface area contributed by atoms with Crippen molar-refractivity contribution in [1.82, 2.24) is 5.06 Å². The van der Waals surface area contributed by atoms with E-state index in [0.717, 1.165) is 5.06 Å². The lowest BCUT2D eigenvalue weighted by atomic mass is 10.1. The average molecular weight is 245 g/mol. The minimum atomic E-state index is -0.976. The molecule has 1 rings (SSSR count). The van der Waals surface area contributed by atoms with E-state index in [1.54, 1.807) is 13.8 Å². The number of carbonyl (C=O) groups is 1. The number of ether oxygens (including phenoxy) is 2. The molecule has 1 saturated heterocycles. The zero-order chi connectivity index (χ0) is 13.2. The fraction of sp³-hybridized carbons (Fsp3) is 0.727. The first kappa shape index (κ1) is 14.1. The summed E-state index contributed by atoms with van der Waals surface area (Å²) in [6, 6.07) is 0. The number of likely N-dealkylation sites (N-methyl/N-ethyl adjacent to an activating group) is 1. The maximum Gasteiger partial charge on any atom is 0.277 e. The molecule has 0 saturated carbocycles. The van der Waals surface area contributed by atoms with Gasteiger partial charge in [0.15, 0.2) is 11.9 Å². The highest BCUT2D eigenvalue weighted by atomic mass is 16.8. The van der Waals surface area contributed by atoms with Crippen molar-refractivity contribution in [2.75, 3.05) is 14.2 Å². The Morgan fingerprint density at radius 2 is 2.18 bits per heavy atom. The number of hydrogen-bond donors (Lipinski definition) is 1. The van der Waals surface area contributed by atoms with Crippen LogP contribution in [-0.2, 0) is 19.1 Å². The zero-order valence-electron chi connectivity index (χ0n) is 10.5. The molecule has 1 fully saturated rings. The van der Waals surface area contributed by atoms with Crippen LogP contribution >= 0.6 is 0 Å². The van der Waals surface area contributed by atoms with Gasteiger partial charge in [-0.05, 0) is 13.8 Å². The molecule has 6 nitrogen and oxygen atoms in total. The molecular weight excluding hydrogens is 226 g/mol. The largest absolute Gasteiger partial charge is 0.386 e. The highest BCUT2D eigenvalue weighted by Gasteiger charge is 2.48. The van der Waals surface area contributed by atoms with Gasteiger partial charge in [-0.2, -0.15) is 0 Å². The van der Waals surface area contributed by atoms with Crippen molar-refractivity contribution in [3.63, 3.8) is 0 Å². The Hall–Kier alpha value is -0.950. The molecule has 0 spiro atoms. The number of amides is 1. The number of nitrogens with zero attached hydrogens (tertiary/aromatic N) is 1. The molecule has 0 aromatic carbocycles. The molecule has 0 aliphatic carbocycles. The van der Waals surface area contributed by atoms with Gasteiger partial charge in [0.1, 0.15) is 12.2 Å². The first-order valence-electron chi connectivity index (χ1n) is 5.30. The van der Waals surface area contributed by atoms with Gasteiger partial charge in [0.2, 0.25) is 0 Å². The maximum atomic E-state index is 11.9. The average Bonchev–Trinajstić information content (AvgIpc) is 2.62. The standard InChI is InChI=1S/C11H19NO5/c1-6-7(13)8-9(10(14)12(4)15-5)17-11(2,3)16-8/h6-9,13H,1H2,2-5H3/t7-,8+,9-/m0/s1. The predicted molar refractivity (Wildman–Crippen MR) is 59.8 cm³/mol. The fourth-order valence-electron chi connectivity index (χ4n) is 1.63. The minimum Gasteiger partial charge on any atom is -0.386 e. The summed E-state index contributed by atoms with van der Waals surface area (Å²) in [5, 5.41) is 10.8. The fourth-order valence-corrected chi connectivity index (χ4v) is 1.63. The summed E-state index contributed by atoms with van der Waals surface area (Å²) in [4.78, 5) is 16.7. The highest BCUT2D eigenvalue weighted by molar-refractivity contribution is 5.80. The van der Waals surface area contributed by atoms with Crippen LogP contribution in [0, 0.1) is 0 Å². The van der Waals surface area contributed by atoms with Crippen molar-refractivity contribution < 1.29 is 24.2 Å². The van der Waals surface area contributed by atoms with Crippen molar-refractivity contribution in [2.24, 2.45) is 0 Å². The summed E-state index contributed by atoms with van der Waals surface area (Å²) in [7, 11) is 2.84. The van der Waals surface area contributed by atoms with Crippen molar-refractivity contribution >= 4 is 5.91 Å². The number of aliphatic hydroxyl groups is 1. The monoisotopic (exact) mass is 245 g/mol. The quantitative estimate of drug-likeness (QED) is 0.561. The topological polar surface area (TPSA) is 68.2 Å². The van der Waals surface area contributed by atoms with Crippen LogP contribution in [-0.4, -0.2) is 54.3 Å². The van der Waals surface area contributed by atoms with E-state index in [-0.39, 0.29) is 0 Å². The SMILES string of the molecule is C=C[C@H](O)[C@H]1OC(C)(C)O[C@@H]1C(=O)N(C)OC. The molecule has 0 aromatic heterocycles. The van der Waals surface area contributed by atoms with E-state index < -0.39 is 30.0 Å². The van der Waals surface area contributed by atoms with Crippen LogP contribution in [0.25, 0.3) is 0 Å². The van der Waals surface area contributed by atoms with E-state index in [4.69, 9.17) is 14.3 Å². The van der Waals surface area contributed by atoms with Crippen LogP contribution in [0.15, 0.2) is 12.7 Å². The van der Waals surface area contributed by atoms with Crippen LogP contribution in [0.5, 0.6) is 0 Å². The smallest absolute Gasteiger partial charge is 0.277 e. The first-order valence-corrected chi connectivity index (χ1v) is 5.30. The van der Waals surface area contributed by atoms with Gasteiger partial charge in [0, 0.05) is 7.05 Å². The third-order valence-corrected chi connectivity index (χ3v) is 2.53. The Kier molecular flexibility index (Phi) is 4.26. The maximum absolute atomic E-state index is 11.9. The Morgan fingerprint density at radius 3 is 2.65 bits per heavy atom. The second kappa shape index (κ2) is 5.14. The molecule has 1 aliphatic rings. The van der Waals surface area contributed by atoms with Crippen LogP contribution in [0.3, 0.4) is 0 Å². The molecule has 0 radical (unpaired) electrons. The third-order valence-electron chi connectivity index (χ3n) is 2.53. The van der Waals surface area contributed by atoms with Crippen molar-refractivity contribution in [2.45, 2.75) is 37.9 Å². The van der Waals surface area contributed by atoms with Crippen LogP contribution in [0.1, 0.15) is 13.8 Å². The van der Waals surface area contributed by atoms with E-state index in [1.165, 1.54) is 20.2 Å². The molecule has 1 N–H and O–H groups in total. The molecule has 0 bridgehead atoms. The van der Waals surface area contributed by atoms with Gasteiger partial charge in [-0.15, -0.1) is 6.58 Å². The Bertz CT molecular complexity index is 304. The lowest BCUT2D eigenvalue weighted by Crippen LogP contribution is -2.45. The van der Waals surface area contributed by atoms with Gasteiger partial charge < -0.3 is 14.6 Å². The second-order valence-corrected chi connectivity index (χ2v) is 4.27. The van der Waals surface area contributed by atoms with Crippen LogP contribution < -0.4 is 0 Å². The molecule has 1 amide bonds. The molecule has 1 heterocycles. The van der Waals surface area contributed by atoms with Gasteiger partial charge in [-0.3, -0.25) is 9.63 Å². The number of hydrogen-bond acceptors (Lipinski definition) is 5. The second-order valence-electron chi connectivity index (χ2n) is 4.27. The number of aliphatic hydroxyl groups excluding tert-OH is 1. The number of rotatable bonds is 4. The van der Waals surface area contributed by atoms with Gasteiger partial charge in [-0.25, -0.2) is 5.06 Å². The third kappa shape index (κ3) is 3.04. The van der Waals surface area contributed by atoms with E-state index >= 15 is 0 Å². The van der Waals surface area contributed by atoms with Crippen molar-refractivity contribution in [1.29, 1.82) is 0 Å². The van der Waals surface area contributed by atoms with Gasteiger partial charge in [0.25, 0.3) is 5.91 Å². The van der Waals surface area contributed by atoms with E-state index in [2.05, 4.69) is 6.58 Å². The molecule has 0 unspecified atom stereocenters. The molecule has 6 heteroatoms. The molecule has 98 valence electrons. The van der Waals surface area contributed by atoms with Gasteiger partial charge in [-0.1, -0.05) is 6.08 Å². The Labute approximate surface area is 101 Å². The summed E-state index contributed by atoms with van der Waals surface area (Å²) in [6.45, 7) is 6.82.